The van der Waals surface area contributed by atoms with Crippen molar-refractivity contribution in [2.24, 2.45) is 0 Å². The summed E-state index contributed by atoms with van der Waals surface area (Å²) in [5.74, 6) is -2.51. The van der Waals surface area contributed by atoms with E-state index in [-0.39, 0.29) is 12.3 Å². The van der Waals surface area contributed by atoms with Crippen molar-refractivity contribution < 1.29 is 37.8 Å². The molecule has 2 aromatic heterocycles. The van der Waals surface area contributed by atoms with Crippen molar-refractivity contribution in [3.63, 3.8) is 0 Å². The molecule has 2 heterocycles. The quantitative estimate of drug-likeness (QED) is 0.350. The Bertz CT molecular complexity index is 817. The zero-order valence-corrected chi connectivity index (χ0v) is 15.5. The third-order valence-corrected chi connectivity index (χ3v) is 5.04. The molecule has 0 saturated heterocycles. The number of carboxylic acid groups (broad SMARTS) is 2. The molecule has 0 atom stereocenters. The standard InChI is InChI=1S/C11H13N5O3S2.C2HF3O2/c17-9(18)1-3-20-21-4-2-12-11(19)7-5-8-10(13-6-7)15-16-14-8;3-2(4,5)1(6)7/h5-6H,1-4H2,(H,12,19)(H,17,18)(H,13,14,15,16);(H,6,7). The molecule has 0 aromatic carbocycles. The number of aromatic amines is 1. The molecule has 154 valence electrons. The second-order valence-corrected chi connectivity index (χ2v) is 7.44. The largest absolute Gasteiger partial charge is 0.490 e. The number of fused-ring (bicyclic) bond motifs is 1. The number of aromatic nitrogens is 4. The first-order chi connectivity index (χ1) is 13.1. The van der Waals surface area contributed by atoms with Crippen molar-refractivity contribution >= 4 is 50.6 Å². The smallest absolute Gasteiger partial charge is 0.481 e. The number of hydrogen-bond donors (Lipinski definition) is 4. The molecule has 15 heteroatoms. The number of nitrogens with zero attached hydrogens (tertiary/aromatic N) is 3. The highest BCUT2D eigenvalue weighted by Gasteiger charge is 2.38. The molecule has 2 rings (SSSR count). The number of carbonyl (C=O) groups is 3. The van der Waals surface area contributed by atoms with Crippen LogP contribution in [0.1, 0.15) is 16.8 Å². The minimum absolute atomic E-state index is 0.146. The maximum absolute atomic E-state index is 11.9. The van der Waals surface area contributed by atoms with Crippen LogP contribution in [0, 0.1) is 0 Å². The van der Waals surface area contributed by atoms with Crippen LogP contribution in [0.2, 0.25) is 0 Å². The van der Waals surface area contributed by atoms with E-state index in [9.17, 15) is 22.8 Å². The maximum Gasteiger partial charge on any atom is 0.490 e. The van der Waals surface area contributed by atoms with Crippen molar-refractivity contribution in [2.75, 3.05) is 18.1 Å². The summed E-state index contributed by atoms with van der Waals surface area (Å²) in [6.07, 6.45) is -3.48. The number of carboxylic acids is 2. The number of nitrogens with one attached hydrogen (secondary N) is 2. The first kappa shape index (κ1) is 23.5. The van der Waals surface area contributed by atoms with E-state index in [4.69, 9.17) is 15.0 Å². The van der Waals surface area contributed by atoms with Gasteiger partial charge in [-0.3, -0.25) is 9.59 Å². The van der Waals surface area contributed by atoms with Crippen LogP contribution in [0.15, 0.2) is 12.3 Å². The number of carbonyl (C=O) groups excluding carboxylic acids is 1. The summed E-state index contributed by atoms with van der Waals surface area (Å²) in [7, 11) is 3.01. The van der Waals surface area contributed by atoms with E-state index in [0.717, 1.165) is 0 Å². The van der Waals surface area contributed by atoms with Crippen LogP contribution in [-0.2, 0) is 9.59 Å². The van der Waals surface area contributed by atoms with E-state index < -0.39 is 18.1 Å². The lowest BCUT2D eigenvalue weighted by atomic mass is 10.2. The van der Waals surface area contributed by atoms with Crippen molar-refractivity contribution in [3.8, 4) is 0 Å². The van der Waals surface area contributed by atoms with Gasteiger partial charge in [0.2, 0.25) is 5.65 Å². The van der Waals surface area contributed by atoms with Gasteiger partial charge in [0, 0.05) is 24.2 Å². The number of aliphatic carboxylic acids is 2. The molecule has 0 bridgehead atoms. The Morgan fingerprint density at radius 1 is 1.14 bits per heavy atom. The third-order valence-electron chi connectivity index (χ3n) is 2.63. The van der Waals surface area contributed by atoms with Gasteiger partial charge in [0.1, 0.15) is 5.52 Å². The molecule has 28 heavy (non-hydrogen) atoms. The molecule has 2 aromatic rings. The van der Waals surface area contributed by atoms with Crippen LogP contribution >= 0.6 is 21.6 Å². The van der Waals surface area contributed by atoms with Crippen LogP contribution in [0.25, 0.3) is 11.2 Å². The van der Waals surface area contributed by atoms with E-state index in [2.05, 4.69) is 25.7 Å². The fourth-order valence-electron chi connectivity index (χ4n) is 1.42. The monoisotopic (exact) mass is 441 g/mol. The van der Waals surface area contributed by atoms with Gasteiger partial charge in [-0.25, -0.2) is 9.78 Å². The molecule has 10 nitrogen and oxygen atoms in total. The number of rotatable bonds is 8. The summed E-state index contributed by atoms with van der Waals surface area (Å²) >= 11 is 0. The van der Waals surface area contributed by atoms with E-state index in [1.54, 1.807) is 6.07 Å². The minimum Gasteiger partial charge on any atom is -0.481 e. The van der Waals surface area contributed by atoms with Crippen molar-refractivity contribution in [3.05, 3.63) is 17.8 Å². The van der Waals surface area contributed by atoms with Crippen LogP contribution in [0.3, 0.4) is 0 Å². The predicted molar refractivity (Wildman–Crippen MR) is 94.9 cm³/mol. The first-order valence-corrected chi connectivity index (χ1v) is 9.81. The lowest BCUT2D eigenvalue weighted by molar-refractivity contribution is -0.192. The normalized spacial score (nSPS) is 10.8. The van der Waals surface area contributed by atoms with Gasteiger partial charge >= 0.3 is 18.1 Å². The van der Waals surface area contributed by atoms with Crippen LogP contribution in [-0.4, -0.2) is 72.7 Å². The molecule has 0 aliphatic rings. The van der Waals surface area contributed by atoms with Crippen LogP contribution in [0.5, 0.6) is 0 Å². The summed E-state index contributed by atoms with van der Waals surface area (Å²) in [5.41, 5.74) is 1.44. The molecular formula is C13H14F3N5O5S2. The third kappa shape index (κ3) is 8.90. The Balaban J connectivity index is 0.000000480. The van der Waals surface area contributed by atoms with Gasteiger partial charge in [-0.2, -0.15) is 23.5 Å². The second kappa shape index (κ2) is 11.3. The average Bonchev–Trinajstić information content (AvgIpc) is 3.07. The summed E-state index contributed by atoms with van der Waals surface area (Å²) in [4.78, 5) is 35.1. The minimum atomic E-state index is -5.08. The number of halogens is 3. The Hall–Kier alpha value is -2.55. The fraction of sp³-hybridized carbons (Fsp3) is 0.385. The molecule has 1 amide bonds. The molecule has 0 saturated carbocycles. The first-order valence-electron chi connectivity index (χ1n) is 7.32. The maximum atomic E-state index is 11.9. The number of pyridine rings is 1. The predicted octanol–water partition coefficient (Wildman–Crippen LogP) is 1.57. The van der Waals surface area contributed by atoms with Crippen molar-refractivity contribution in [1.82, 2.24) is 25.7 Å². The van der Waals surface area contributed by atoms with Gasteiger partial charge < -0.3 is 15.5 Å². The lowest BCUT2D eigenvalue weighted by Gasteiger charge is -2.04. The van der Waals surface area contributed by atoms with E-state index in [0.29, 0.717) is 34.8 Å². The lowest BCUT2D eigenvalue weighted by Crippen LogP contribution is -2.25. The average molecular weight is 441 g/mol. The van der Waals surface area contributed by atoms with Gasteiger partial charge in [-0.1, -0.05) is 21.6 Å². The van der Waals surface area contributed by atoms with Gasteiger partial charge in [0.05, 0.1) is 12.0 Å². The van der Waals surface area contributed by atoms with Gasteiger partial charge in [0.25, 0.3) is 5.91 Å². The number of hydrogen-bond acceptors (Lipinski definition) is 8. The summed E-state index contributed by atoms with van der Waals surface area (Å²) in [6, 6.07) is 1.62. The van der Waals surface area contributed by atoms with Crippen molar-refractivity contribution in [1.29, 1.82) is 0 Å². The van der Waals surface area contributed by atoms with Crippen LogP contribution in [0.4, 0.5) is 13.2 Å². The molecule has 0 aliphatic heterocycles. The Morgan fingerprint density at radius 3 is 2.39 bits per heavy atom. The Labute approximate surface area is 163 Å². The van der Waals surface area contributed by atoms with Crippen molar-refractivity contribution in [2.45, 2.75) is 12.6 Å². The molecular weight excluding hydrogens is 427 g/mol. The van der Waals surface area contributed by atoms with E-state index in [1.807, 2.05) is 0 Å². The highest BCUT2D eigenvalue weighted by atomic mass is 33.1. The van der Waals surface area contributed by atoms with E-state index in [1.165, 1.54) is 27.8 Å². The van der Waals surface area contributed by atoms with Crippen LogP contribution < -0.4 is 5.32 Å². The molecule has 0 radical (unpaired) electrons. The Morgan fingerprint density at radius 2 is 1.79 bits per heavy atom. The highest BCUT2D eigenvalue weighted by molar-refractivity contribution is 8.76. The zero-order valence-electron chi connectivity index (χ0n) is 13.9. The molecule has 0 aliphatic carbocycles. The van der Waals surface area contributed by atoms with Gasteiger partial charge in [0.15, 0.2) is 0 Å². The number of H-pyrrole nitrogens is 1. The highest BCUT2D eigenvalue weighted by Crippen LogP contribution is 2.21. The molecule has 4 N–H and O–H groups in total. The number of amides is 1. The van der Waals surface area contributed by atoms with E-state index >= 15 is 0 Å². The number of alkyl halides is 3. The SMILES string of the molecule is O=C(O)C(F)(F)F.O=C(O)CCSSCCNC(=O)c1cnc2n[nH]nc2c1. The van der Waals surface area contributed by atoms with Gasteiger partial charge in [-0.05, 0) is 6.07 Å². The molecule has 0 fully saturated rings. The van der Waals surface area contributed by atoms with Gasteiger partial charge in [-0.15, -0.1) is 5.10 Å². The summed E-state index contributed by atoms with van der Waals surface area (Å²) in [5, 5.41) is 28.5. The zero-order chi connectivity index (χ0) is 21.2. The summed E-state index contributed by atoms with van der Waals surface area (Å²) < 4.78 is 31.7. The molecule has 0 spiro atoms. The fourth-order valence-corrected chi connectivity index (χ4v) is 3.31. The molecule has 0 unspecified atom stereocenters. The topological polar surface area (TPSA) is 158 Å². The summed E-state index contributed by atoms with van der Waals surface area (Å²) in [6.45, 7) is 0.500. The second-order valence-electron chi connectivity index (χ2n) is 4.74. The Kier molecular flexibility index (Phi) is 9.50.